The summed E-state index contributed by atoms with van der Waals surface area (Å²) in [6.07, 6.45) is 1.16. The maximum Gasteiger partial charge on any atom is 0.265 e. The number of benzene rings is 1. The van der Waals surface area contributed by atoms with Crippen LogP contribution in [0.4, 0.5) is 5.95 Å². The average molecular weight is 284 g/mol. The molecule has 0 aliphatic rings. The Hall–Kier alpha value is -2.11. The lowest BCUT2D eigenvalue weighted by Gasteiger charge is -2.06. The fourth-order valence-corrected chi connectivity index (χ4v) is 2.74. The fraction of sp³-hybridized carbons (Fsp3) is 0. The van der Waals surface area contributed by atoms with E-state index < -0.39 is 10.0 Å². The number of nitrogens with one attached hydrogen (secondary N) is 2. The molecule has 0 saturated carbocycles. The van der Waals surface area contributed by atoms with E-state index in [1.807, 2.05) is 6.07 Å². The molecule has 0 fully saturated rings. The lowest BCUT2D eigenvalue weighted by Crippen LogP contribution is -2.14. The molecule has 2 rings (SSSR count). The van der Waals surface area contributed by atoms with Crippen molar-refractivity contribution in [3.8, 4) is 6.07 Å². The zero-order chi connectivity index (χ0) is 13.2. The molecule has 7 nitrogen and oxygen atoms in total. The molecule has 0 unspecified atom stereocenters. The largest absolute Gasteiger partial charge is 0.265 e. The van der Waals surface area contributed by atoms with E-state index in [9.17, 15) is 8.42 Å². The quantitative estimate of drug-likeness (QED) is 0.877. The predicted octanol–water partition coefficient (Wildman–Crippen LogP) is 1.13. The van der Waals surface area contributed by atoms with Crippen LogP contribution in [-0.2, 0) is 10.0 Å². The maximum absolute atomic E-state index is 12.0. The molecule has 2 aromatic rings. The normalized spacial score (nSPS) is 10.9. The van der Waals surface area contributed by atoms with E-state index in [1.165, 1.54) is 18.2 Å². The SMILES string of the molecule is N#Cc1ccc(S(=O)(=O)Nc2ncn[nH]2)c(Cl)c1. The highest BCUT2D eigenvalue weighted by Gasteiger charge is 2.19. The number of H-pyrrole nitrogens is 1. The van der Waals surface area contributed by atoms with Crippen LogP contribution in [0.1, 0.15) is 5.56 Å². The van der Waals surface area contributed by atoms with Crippen LogP contribution in [0.25, 0.3) is 0 Å². The molecule has 0 radical (unpaired) electrons. The first kappa shape index (κ1) is 12.3. The second-order valence-corrected chi connectivity index (χ2v) is 5.25. The van der Waals surface area contributed by atoms with E-state index >= 15 is 0 Å². The van der Waals surface area contributed by atoms with E-state index in [-0.39, 0.29) is 21.4 Å². The molecule has 9 heteroatoms. The Morgan fingerprint density at radius 3 is 2.78 bits per heavy atom. The molecule has 0 spiro atoms. The second kappa shape index (κ2) is 4.64. The number of sulfonamides is 1. The monoisotopic (exact) mass is 283 g/mol. The van der Waals surface area contributed by atoms with Crippen molar-refractivity contribution >= 4 is 27.6 Å². The van der Waals surface area contributed by atoms with Gasteiger partial charge in [-0.25, -0.2) is 18.2 Å². The van der Waals surface area contributed by atoms with Crippen LogP contribution >= 0.6 is 11.6 Å². The van der Waals surface area contributed by atoms with Crippen LogP contribution in [0.2, 0.25) is 5.02 Å². The molecule has 2 N–H and O–H groups in total. The minimum absolute atomic E-state index is 0.0181. The molecule has 0 bridgehead atoms. The third-order valence-electron chi connectivity index (χ3n) is 2.00. The number of anilines is 1. The molecule has 1 heterocycles. The van der Waals surface area contributed by atoms with Crippen LogP contribution in [0.5, 0.6) is 0 Å². The van der Waals surface area contributed by atoms with Gasteiger partial charge in [0.25, 0.3) is 10.0 Å². The Labute approximate surface area is 107 Å². The number of aromatic amines is 1. The van der Waals surface area contributed by atoms with E-state index in [0.717, 1.165) is 6.33 Å². The topological polar surface area (TPSA) is 112 Å². The Bertz CT molecular complexity index is 705. The smallest absolute Gasteiger partial charge is 0.248 e. The number of hydrogen-bond donors (Lipinski definition) is 2. The van der Waals surface area contributed by atoms with Crippen molar-refractivity contribution in [2.75, 3.05) is 4.72 Å². The molecule has 0 aliphatic heterocycles. The van der Waals surface area contributed by atoms with Crippen LogP contribution < -0.4 is 4.72 Å². The Morgan fingerprint density at radius 2 is 2.22 bits per heavy atom. The summed E-state index contributed by atoms with van der Waals surface area (Å²) in [5, 5.41) is 14.5. The van der Waals surface area contributed by atoms with Crippen LogP contribution in [-0.4, -0.2) is 23.6 Å². The van der Waals surface area contributed by atoms with Crippen molar-refractivity contribution < 1.29 is 8.42 Å². The van der Waals surface area contributed by atoms with E-state index in [0.29, 0.717) is 0 Å². The minimum atomic E-state index is -3.86. The summed E-state index contributed by atoms with van der Waals surface area (Å²) in [7, 11) is -3.86. The zero-order valence-corrected chi connectivity index (χ0v) is 10.3. The van der Waals surface area contributed by atoms with E-state index in [4.69, 9.17) is 16.9 Å². The van der Waals surface area contributed by atoms with E-state index in [2.05, 4.69) is 19.9 Å². The highest BCUT2D eigenvalue weighted by Crippen LogP contribution is 2.23. The van der Waals surface area contributed by atoms with E-state index in [1.54, 1.807) is 0 Å². The average Bonchev–Trinajstić information content (AvgIpc) is 2.80. The predicted molar refractivity (Wildman–Crippen MR) is 63.4 cm³/mol. The van der Waals surface area contributed by atoms with Gasteiger partial charge in [-0.2, -0.15) is 15.3 Å². The van der Waals surface area contributed by atoms with Gasteiger partial charge in [-0.15, -0.1) is 0 Å². The highest BCUT2D eigenvalue weighted by atomic mass is 35.5. The third-order valence-corrected chi connectivity index (χ3v) is 3.82. The van der Waals surface area contributed by atoms with Crippen molar-refractivity contribution in [2.24, 2.45) is 0 Å². The Morgan fingerprint density at radius 1 is 1.44 bits per heavy atom. The molecular formula is C9H6ClN5O2S. The van der Waals surface area contributed by atoms with Gasteiger partial charge in [0.15, 0.2) is 0 Å². The van der Waals surface area contributed by atoms with Crippen molar-refractivity contribution in [2.45, 2.75) is 4.90 Å². The molecule has 18 heavy (non-hydrogen) atoms. The van der Waals surface area contributed by atoms with Crippen molar-refractivity contribution in [3.63, 3.8) is 0 Å². The zero-order valence-electron chi connectivity index (χ0n) is 8.75. The Balaban J connectivity index is 2.39. The molecule has 0 atom stereocenters. The lowest BCUT2D eigenvalue weighted by molar-refractivity contribution is 0.601. The summed E-state index contributed by atoms with van der Waals surface area (Å²) in [6.45, 7) is 0. The molecule has 1 aromatic carbocycles. The van der Waals surface area contributed by atoms with Crippen molar-refractivity contribution in [3.05, 3.63) is 35.1 Å². The maximum atomic E-state index is 12.0. The number of hydrogen-bond acceptors (Lipinski definition) is 5. The van der Waals surface area contributed by atoms with Gasteiger partial charge in [0.1, 0.15) is 11.2 Å². The van der Waals surface area contributed by atoms with Crippen LogP contribution in [0.3, 0.4) is 0 Å². The number of aromatic nitrogens is 3. The van der Waals surface area contributed by atoms with Gasteiger partial charge in [0.05, 0.1) is 16.7 Å². The van der Waals surface area contributed by atoms with Gasteiger partial charge in [-0.05, 0) is 18.2 Å². The summed E-state index contributed by atoms with van der Waals surface area (Å²) in [5.41, 5.74) is 0.276. The fourth-order valence-electron chi connectivity index (χ4n) is 1.23. The van der Waals surface area contributed by atoms with Gasteiger partial charge in [0, 0.05) is 0 Å². The second-order valence-electron chi connectivity index (χ2n) is 3.20. The van der Waals surface area contributed by atoms with Gasteiger partial charge in [0.2, 0.25) is 5.95 Å². The van der Waals surface area contributed by atoms with Crippen LogP contribution in [0, 0.1) is 11.3 Å². The van der Waals surface area contributed by atoms with Crippen molar-refractivity contribution in [1.82, 2.24) is 15.2 Å². The molecule has 92 valence electrons. The summed E-state index contributed by atoms with van der Waals surface area (Å²) in [4.78, 5) is 3.50. The van der Waals surface area contributed by atoms with Gasteiger partial charge in [-0.3, -0.25) is 0 Å². The molecular weight excluding hydrogens is 278 g/mol. The first-order valence-electron chi connectivity index (χ1n) is 4.61. The third kappa shape index (κ3) is 2.42. The van der Waals surface area contributed by atoms with Gasteiger partial charge >= 0.3 is 0 Å². The number of rotatable bonds is 3. The molecule has 0 saturated heterocycles. The first-order valence-corrected chi connectivity index (χ1v) is 6.47. The molecule has 1 aromatic heterocycles. The first-order chi connectivity index (χ1) is 8.53. The summed E-state index contributed by atoms with van der Waals surface area (Å²) in [6, 6.07) is 5.75. The Kier molecular flexibility index (Phi) is 3.18. The van der Waals surface area contributed by atoms with Crippen molar-refractivity contribution in [1.29, 1.82) is 5.26 Å². The number of nitrogens with zero attached hydrogens (tertiary/aromatic N) is 3. The van der Waals surface area contributed by atoms with Gasteiger partial charge in [-0.1, -0.05) is 11.6 Å². The van der Waals surface area contributed by atoms with Crippen LogP contribution in [0.15, 0.2) is 29.4 Å². The summed E-state index contributed by atoms with van der Waals surface area (Å²) >= 11 is 5.82. The van der Waals surface area contributed by atoms with Gasteiger partial charge < -0.3 is 0 Å². The summed E-state index contributed by atoms with van der Waals surface area (Å²) in [5.74, 6) is -0.0181. The number of halogens is 1. The number of nitriles is 1. The highest BCUT2D eigenvalue weighted by molar-refractivity contribution is 7.92. The molecule has 0 amide bonds. The molecule has 0 aliphatic carbocycles. The minimum Gasteiger partial charge on any atom is -0.248 e. The standard InChI is InChI=1S/C9H6ClN5O2S/c10-7-3-6(4-11)1-2-8(7)18(16,17)15-9-12-5-13-14-9/h1-3,5H,(H2,12,13,14,15). The lowest BCUT2D eigenvalue weighted by atomic mass is 10.2. The summed E-state index contributed by atoms with van der Waals surface area (Å²) < 4.78 is 26.1.